The first kappa shape index (κ1) is 14.7. The SMILES string of the molecule is Cc1ccc([N+](=O)[O-])cc1/C(Cl)=C(/C#N)c1ccncc1. The van der Waals surface area contributed by atoms with E-state index >= 15 is 0 Å². The summed E-state index contributed by atoms with van der Waals surface area (Å²) in [6.45, 7) is 1.78. The monoisotopic (exact) mass is 299 g/mol. The van der Waals surface area contributed by atoms with Gasteiger partial charge in [-0.3, -0.25) is 15.1 Å². The first-order chi connectivity index (χ1) is 10.0. The van der Waals surface area contributed by atoms with Gasteiger partial charge in [0.1, 0.15) is 6.07 Å². The van der Waals surface area contributed by atoms with E-state index in [0.29, 0.717) is 11.1 Å². The number of allylic oxidation sites excluding steroid dienone is 1. The van der Waals surface area contributed by atoms with E-state index in [9.17, 15) is 15.4 Å². The van der Waals surface area contributed by atoms with Crippen LogP contribution in [0.4, 0.5) is 5.69 Å². The van der Waals surface area contributed by atoms with E-state index < -0.39 is 4.92 Å². The summed E-state index contributed by atoms with van der Waals surface area (Å²) in [5, 5.41) is 20.4. The molecule has 1 heterocycles. The highest BCUT2D eigenvalue weighted by atomic mass is 35.5. The Kier molecular flexibility index (Phi) is 4.31. The minimum absolute atomic E-state index is 0.0687. The fourth-order valence-electron chi connectivity index (χ4n) is 1.85. The minimum Gasteiger partial charge on any atom is -0.265 e. The maximum atomic E-state index is 10.9. The van der Waals surface area contributed by atoms with Crippen LogP contribution >= 0.6 is 11.6 Å². The van der Waals surface area contributed by atoms with E-state index in [1.54, 1.807) is 37.5 Å². The molecule has 0 radical (unpaired) electrons. The van der Waals surface area contributed by atoms with Crippen LogP contribution in [0.25, 0.3) is 10.6 Å². The van der Waals surface area contributed by atoms with Gasteiger partial charge in [0, 0.05) is 30.1 Å². The lowest BCUT2D eigenvalue weighted by Crippen LogP contribution is -1.93. The number of hydrogen-bond acceptors (Lipinski definition) is 4. The van der Waals surface area contributed by atoms with Crippen LogP contribution in [0.1, 0.15) is 16.7 Å². The van der Waals surface area contributed by atoms with Gasteiger partial charge in [0.05, 0.1) is 15.5 Å². The molecule has 0 aliphatic heterocycles. The summed E-state index contributed by atoms with van der Waals surface area (Å²) < 4.78 is 0. The third-order valence-electron chi connectivity index (χ3n) is 2.97. The number of nitro benzene ring substituents is 1. The molecule has 0 N–H and O–H groups in total. The smallest absolute Gasteiger partial charge is 0.265 e. The van der Waals surface area contributed by atoms with Gasteiger partial charge in [0.15, 0.2) is 0 Å². The van der Waals surface area contributed by atoms with Gasteiger partial charge < -0.3 is 0 Å². The maximum Gasteiger partial charge on any atom is 0.270 e. The maximum absolute atomic E-state index is 10.9. The first-order valence-corrected chi connectivity index (χ1v) is 6.38. The van der Waals surface area contributed by atoms with Crippen molar-refractivity contribution >= 4 is 27.9 Å². The molecule has 104 valence electrons. The molecular formula is C15H10ClN3O2. The van der Waals surface area contributed by atoms with Crippen molar-refractivity contribution in [1.82, 2.24) is 4.98 Å². The molecule has 0 aliphatic carbocycles. The number of halogens is 1. The molecule has 0 atom stereocenters. The van der Waals surface area contributed by atoms with Crippen molar-refractivity contribution < 1.29 is 4.92 Å². The number of benzene rings is 1. The summed E-state index contributed by atoms with van der Waals surface area (Å²) in [4.78, 5) is 14.3. The number of non-ortho nitro benzene ring substituents is 1. The summed E-state index contributed by atoms with van der Waals surface area (Å²) in [6.07, 6.45) is 3.11. The molecule has 2 aromatic rings. The van der Waals surface area contributed by atoms with Gasteiger partial charge in [0.2, 0.25) is 0 Å². The summed E-state index contributed by atoms with van der Waals surface area (Å²) in [5.41, 5.74) is 2.03. The molecule has 5 nitrogen and oxygen atoms in total. The topological polar surface area (TPSA) is 79.8 Å². The summed E-state index contributed by atoms with van der Waals surface area (Å²) in [6, 6.07) is 9.75. The summed E-state index contributed by atoms with van der Waals surface area (Å²) >= 11 is 6.30. The van der Waals surface area contributed by atoms with Crippen molar-refractivity contribution in [3.05, 3.63) is 69.5 Å². The van der Waals surface area contributed by atoms with Crippen molar-refractivity contribution in [2.75, 3.05) is 0 Å². The van der Waals surface area contributed by atoms with Crippen molar-refractivity contribution in [3.63, 3.8) is 0 Å². The standard InChI is InChI=1S/C15H10ClN3O2/c1-10-2-3-12(19(20)21)8-13(10)15(16)14(9-17)11-4-6-18-7-5-11/h2-8H,1H3/b15-14+. The van der Waals surface area contributed by atoms with Crippen molar-refractivity contribution in [1.29, 1.82) is 5.26 Å². The highest BCUT2D eigenvalue weighted by molar-refractivity contribution is 6.53. The molecule has 0 bridgehead atoms. The second-order valence-electron chi connectivity index (χ2n) is 4.29. The zero-order valence-electron chi connectivity index (χ0n) is 11.1. The molecule has 21 heavy (non-hydrogen) atoms. The highest BCUT2D eigenvalue weighted by Crippen LogP contribution is 2.32. The molecule has 0 aliphatic rings. The zero-order valence-corrected chi connectivity index (χ0v) is 11.8. The fraction of sp³-hybridized carbons (Fsp3) is 0.0667. The van der Waals surface area contributed by atoms with Crippen molar-refractivity contribution in [3.8, 4) is 6.07 Å². The number of pyridine rings is 1. The highest BCUT2D eigenvalue weighted by Gasteiger charge is 2.15. The number of nitrogens with zero attached hydrogens (tertiary/aromatic N) is 3. The van der Waals surface area contributed by atoms with Crippen LogP contribution in [0.3, 0.4) is 0 Å². The third-order valence-corrected chi connectivity index (χ3v) is 3.36. The fourth-order valence-corrected chi connectivity index (χ4v) is 2.21. The van der Waals surface area contributed by atoms with E-state index in [2.05, 4.69) is 4.98 Å². The number of rotatable bonds is 3. The van der Waals surface area contributed by atoms with E-state index in [1.165, 1.54) is 12.1 Å². The molecule has 0 spiro atoms. The van der Waals surface area contributed by atoms with E-state index in [1.807, 2.05) is 6.07 Å². The van der Waals surface area contributed by atoms with Gasteiger partial charge in [-0.25, -0.2) is 0 Å². The first-order valence-electron chi connectivity index (χ1n) is 6.00. The Morgan fingerprint density at radius 3 is 2.57 bits per heavy atom. The van der Waals surface area contributed by atoms with Gasteiger partial charge in [0.25, 0.3) is 5.69 Å². The van der Waals surface area contributed by atoms with Crippen LogP contribution < -0.4 is 0 Å². The van der Waals surface area contributed by atoms with E-state index in [0.717, 1.165) is 5.56 Å². The summed E-state index contributed by atoms with van der Waals surface area (Å²) in [7, 11) is 0. The van der Waals surface area contributed by atoms with E-state index in [-0.39, 0.29) is 16.3 Å². The normalized spacial score (nSPS) is 11.5. The second kappa shape index (κ2) is 6.16. The third kappa shape index (κ3) is 3.07. The number of aryl methyl sites for hydroxylation is 1. The van der Waals surface area contributed by atoms with Crippen LogP contribution in [0.2, 0.25) is 0 Å². The molecule has 6 heteroatoms. The van der Waals surface area contributed by atoms with Crippen molar-refractivity contribution in [2.45, 2.75) is 6.92 Å². The molecule has 0 saturated carbocycles. The average Bonchev–Trinajstić information content (AvgIpc) is 2.49. The Morgan fingerprint density at radius 1 is 1.33 bits per heavy atom. The average molecular weight is 300 g/mol. The Balaban J connectivity index is 2.64. The number of nitro groups is 1. The minimum atomic E-state index is -0.494. The van der Waals surface area contributed by atoms with E-state index in [4.69, 9.17) is 11.6 Å². The Hall–Kier alpha value is -2.71. The number of aromatic nitrogens is 1. The second-order valence-corrected chi connectivity index (χ2v) is 4.67. The zero-order chi connectivity index (χ0) is 15.4. The van der Waals surface area contributed by atoms with Gasteiger partial charge in [-0.1, -0.05) is 17.7 Å². The van der Waals surface area contributed by atoms with Crippen LogP contribution in [-0.2, 0) is 0 Å². The lowest BCUT2D eigenvalue weighted by molar-refractivity contribution is -0.384. The van der Waals surface area contributed by atoms with Crippen LogP contribution in [-0.4, -0.2) is 9.91 Å². The molecule has 1 aromatic heterocycles. The number of hydrogen-bond donors (Lipinski definition) is 0. The van der Waals surface area contributed by atoms with Gasteiger partial charge in [-0.05, 0) is 30.2 Å². The number of nitriles is 1. The van der Waals surface area contributed by atoms with Crippen LogP contribution in [0.15, 0.2) is 42.7 Å². The molecule has 0 unspecified atom stereocenters. The molecule has 2 rings (SSSR count). The van der Waals surface area contributed by atoms with Gasteiger partial charge >= 0.3 is 0 Å². The Labute approximate surface area is 126 Å². The molecule has 0 saturated heterocycles. The molecular weight excluding hydrogens is 290 g/mol. The molecule has 0 amide bonds. The van der Waals surface area contributed by atoms with Crippen LogP contribution in [0, 0.1) is 28.4 Å². The largest absolute Gasteiger partial charge is 0.270 e. The van der Waals surface area contributed by atoms with Crippen molar-refractivity contribution in [2.24, 2.45) is 0 Å². The van der Waals surface area contributed by atoms with Crippen LogP contribution in [0.5, 0.6) is 0 Å². The lowest BCUT2D eigenvalue weighted by Gasteiger charge is -2.07. The van der Waals surface area contributed by atoms with Gasteiger partial charge in [-0.15, -0.1) is 0 Å². The summed E-state index contributed by atoms with van der Waals surface area (Å²) in [5.74, 6) is 0. The molecule has 0 fully saturated rings. The lowest BCUT2D eigenvalue weighted by atomic mass is 10.0. The Morgan fingerprint density at radius 2 is 2.00 bits per heavy atom. The molecule has 1 aromatic carbocycles. The predicted octanol–water partition coefficient (Wildman–Crippen LogP) is 3.93. The Bertz CT molecular complexity index is 764. The van der Waals surface area contributed by atoms with Gasteiger partial charge in [-0.2, -0.15) is 5.26 Å². The quantitative estimate of drug-likeness (QED) is 0.488. The predicted molar refractivity (Wildman–Crippen MR) is 80.4 cm³/mol.